The van der Waals surface area contributed by atoms with Gasteiger partial charge in [0.05, 0.1) is 7.11 Å². The van der Waals surface area contributed by atoms with Gasteiger partial charge in [0.1, 0.15) is 29.1 Å². The molecule has 0 atom stereocenters. The number of ether oxygens (including phenoxy) is 1. The number of hydrogen-bond donors (Lipinski definition) is 2. The van der Waals surface area contributed by atoms with Crippen LogP contribution in [0.25, 0.3) is 0 Å². The molecule has 3 heterocycles. The highest BCUT2D eigenvalue weighted by Crippen LogP contribution is 2.33. The number of anilines is 1. The van der Waals surface area contributed by atoms with Crippen LogP contribution in [0.3, 0.4) is 0 Å². The Bertz CT molecular complexity index is 1090. The smallest absolute Gasteiger partial charge is 0.277 e. The molecule has 9 nitrogen and oxygen atoms in total. The Labute approximate surface area is 177 Å². The Morgan fingerprint density at radius 2 is 1.97 bits per heavy atom. The second kappa shape index (κ2) is 9.03. The predicted molar refractivity (Wildman–Crippen MR) is 110 cm³/mol. The lowest BCUT2D eigenvalue weighted by Crippen LogP contribution is -2.15. The zero-order valence-corrected chi connectivity index (χ0v) is 17.3. The number of methoxy groups -OCH3 is 1. The van der Waals surface area contributed by atoms with Crippen molar-refractivity contribution in [1.29, 1.82) is 0 Å². The lowest BCUT2D eigenvalue weighted by atomic mass is 10.3. The van der Waals surface area contributed by atoms with E-state index in [-0.39, 0.29) is 11.6 Å². The molecule has 0 unspecified atom stereocenters. The van der Waals surface area contributed by atoms with Crippen LogP contribution in [-0.4, -0.2) is 42.5 Å². The first-order valence-corrected chi connectivity index (χ1v) is 10.6. The summed E-state index contributed by atoms with van der Waals surface area (Å²) in [5.74, 6) is 0.401. The van der Waals surface area contributed by atoms with E-state index < -0.39 is 0 Å². The topological polar surface area (TPSA) is 119 Å². The first-order valence-electron chi connectivity index (χ1n) is 8.15. The number of benzene rings is 1. The Morgan fingerprint density at radius 1 is 1.10 bits per heavy atom. The van der Waals surface area contributed by atoms with Crippen LogP contribution in [0.4, 0.5) is 5.13 Å². The molecular formula is C17H13N7O2S3. The van der Waals surface area contributed by atoms with Gasteiger partial charge in [0.25, 0.3) is 5.91 Å². The summed E-state index contributed by atoms with van der Waals surface area (Å²) in [6.45, 7) is 0. The molecule has 4 rings (SSSR count). The van der Waals surface area contributed by atoms with E-state index in [4.69, 9.17) is 4.74 Å². The maximum atomic E-state index is 12.9. The number of carbonyl (C=O) groups is 1. The van der Waals surface area contributed by atoms with Crippen LogP contribution < -0.4 is 10.1 Å². The van der Waals surface area contributed by atoms with Gasteiger partial charge in [-0.1, -0.05) is 11.8 Å². The summed E-state index contributed by atoms with van der Waals surface area (Å²) in [5.41, 5.74) is 0.283. The first-order chi connectivity index (χ1) is 14.2. The molecule has 12 heteroatoms. The largest absolute Gasteiger partial charge is 0.497 e. The molecule has 0 spiro atoms. The Morgan fingerprint density at radius 3 is 2.66 bits per heavy atom. The number of pyridine rings is 1. The highest BCUT2D eigenvalue weighted by atomic mass is 32.2. The molecule has 29 heavy (non-hydrogen) atoms. The summed E-state index contributed by atoms with van der Waals surface area (Å²) >= 11 is 3.81. The molecule has 0 aliphatic heterocycles. The van der Waals surface area contributed by atoms with Crippen molar-refractivity contribution >= 4 is 46.1 Å². The van der Waals surface area contributed by atoms with Crippen molar-refractivity contribution in [3.63, 3.8) is 0 Å². The third kappa shape index (κ3) is 4.91. The quantitative estimate of drug-likeness (QED) is 0.441. The minimum Gasteiger partial charge on any atom is -0.497 e. The van der Waals surface area contributed by atoms with Gasteiger partial charge in [-0.3, -0.25) is 15.2 Å². The van der Waals surface area contributed by atoms with Crippen LogP contribution in [0.15, 0.2) is 69.0 Å². The molecule has 1 amide bonds. The number of carbonyl (C=O) groups excluding carboxylic acids is 1. The molecule has 0 radical (unpaired) electrons. The molecule has 0 saturated carbocycles. The maximum Gasteiger partial charge on any atom is 0.277 e. The van der Waals surface area contributed by atoms with Crippen molar-refractivity contribution in [3.8, 4) is 5.75 Å². The summed E-state index contributed by atoms with van der Waals surface area (Å²) in [4.78, 5) is 27.1. The molecule has 0 bridgehead atoms. The normalized spacial score (nSPS) is 10.7. The van der Waals surface area contributed by atoms with Gasteiger partial charge < -0.3 is 4.74 Å². The fraction of sp³-hybridized carbons (Fsp3) is 0.0588. The monoisotopic (exact) mass is 443 g/mol. The second-order valence-electron chi connectivity index (χ2n) is 5.37. The van der Waals surface area contributed by atoms with Crippen LogP contribution in [0, 0.1) is 0 Å². The van der Waals surface area contributed by atoms with Gasteiger partial charge in [-0.05, 0) is 48.2 Å². The van der Waals surface area contributed by atoms with Crippen molar-refractivity contribution in [3.05, 3.63) is 54.7 Å². The van der Waals surface area contributed by atoms with E-state index in [0.717, 1.165) is 22.2 Å². The summed E-state index contributed by atoms with van der Waals surface area (Å²) in [6, 6.07) is 11.3. The fourth-order valence-electron chi connectivity index (χ4n) is 2.23. The van der Waals surface area contributed by atoms with E-state index in [9.17, 15) is 4.79 Å². The Hall–Kier alpha value is -2.96. The van der Waals surface area contributed by atoms with Gasteiger partial charge in [0.15, 0.2) is 5.16 Å². The lowest BCUT2D eigenvalue weighted by Gasteiger charge is -2.10. The van der Waals surface area contributed by atoms with Gasteiger partial charge in [-0.25, -0.2) is 15.0 Å². The van der Waals surface area contributed by atoms with E-state index in [1.165, 1.54) is 36.2 Å². The minimum absolute atomic E-state index is 0.283. The first kappa shape index (κ1) is 19.4. The highest BCUT2D eigenvalue weighted by molar-refractivity contribution is 7.99. The van der Waals surface area contributed by atoms with Crippen LogP contribution in [0.5, 0.6) is 5.75 Å². The second-order valence-corrected chi connectivity index (χ2v) is 8.27. The van der Waals surface area contributed by atoms with Gasteiger partial charge in [-0.15, -0.1) is 0 Å². The standard InChI is InChI=1S/C17H13N7O2S3/c1-26-10-2-4-11(5-3-10)27-12-6-7-13(28-17-18-8-20-24-17)22-14(12)15(25)23-16-19-9-21-29-16/h2-9H,1H3,(H,18,20,24)(H,19,21,23,25). The molecule has 1 aromatic carbocycles. The molecule has 0 aliphatic rings. The van der Waals surface area contributed by atoms with Crippen LogP contribution in [0.1, 0.15) is 10.5 Å². The number of hydrogen-bond acceptors (Lipinski definition) is 10. The Kier molecular flexibility index (Phi) is 6.03. The number of aromatic amines is 1. The molecular weight excluding hydrogens is 430 g/mol. The average Bonchev–Trinajstić information content (AvgIpc) is 3.44. The molecule has 146 valence electrons. The van der Waals surface area contributed by atoms with Gasteiger partial charge in [-0.2, -0.15) is 9.47 Å². The summed E-state index contributed by atoms with van der Waals surface area (Å²) in [6.07, 6.45) is 2.80. The summed E-state index contributed by atoms with van der Waals surface area (Å²) < 4.78 is 9.09. The zero-order valence-electron chi connectivity index (χ0n) is 14.9. The Balaban J connectivity index is 1.63. The number of aromatic nitrogens is 6. The van der Waals surface area contributed by atoms with Crippen molar-refractivity contribution in [2.75, 3.05) is 12.4 Å². The van der Waals surface area contributed by atoms with Gasteiger partial charge in [0, 0.05) is 21.3 Å². The van der Waals surface area contributed by atoms with Crippen LogP contribution in [-0.2, 0) is 0 Å². The maximum absolute atomic E-state index is 12.9. The van der Waals surface area contributed by atoms with E-state index in [1.807, 2.05) is 36.4 Å². The number of nitrogens with one attached hydrogen (secondary N) is 2. The molecule has 0 saturated heterocycles. The molecule has 0 aliphatic carbocycles. The van der Waals surface area contributed by atoms with Crippen LogP contribution in [0.2, 0.25) is 0 Å². The van der Waals surface area contributed by atoms with Gasteiger partial charge in [0.2, 0.25) is 5.13 Å². The van der Waals surface area contributed by atoms with E-state index >= 15 is 0 Å². The number of amides is 1. The zero-order chi connectivity index (χ0) is 20.1. The minimum atomic E-state index is -0.363. The van der Waals surface area contributed by atoms with Gasteiger partial charge >= 0.3 is 0 Å². The lowest BCUT2D eigenvalue weighted by molar-refractivity contribution is 0.101. The molecule has 3 aromatic heterocycles. The van der Waals surface area contributed by atoms with E-state index in [1.54, 1.807) is 7.11 Å². The molecule has 0 fully saturated rings. The van der Waals surface area contributed by atoms with E-state index in [0.29, 0.717) is 20.2 Å². The molecule has 2 N–H and O–H groups in total. The average molecular weight is 444 g/mol. The van der Waals surface area contributed by atoms with Crippen LogP contribution >= 0.6 is 35.1 Å². The van der Waals surface area contributed by atoms with Crippen molar-refractivity contribution in [1.82, 2.24) is 29.5 Å². The van der Waals surface area contributed by atoms with E-state index in [2.05, 4.69) is 34.8 Å². The number of H-pyrrole nitrogens is 1. The SMILES string of the molecule is COc1ccc(Sc2ccc(Sc3ncn[nH]3)nc2C(=O)Nc2ncns2)cc1. The molecule has 4 aromatic rings. The highest BCUT2D eigenvalue weighted by Gasteiger charge is 2.18. The third-order valence-electron chi connectivity index (χ3n) is 3.51. The summed E-state index contributed by atoms with van der Waals surface area (Å²) in [7, 11) is 1.62. The number of rotatable bonds is 7. The number of nitrogens with zero attached hydrogens (tertiary/aromatic N) is 5. The van der Waals surface area contributed by atoms with Crippen molar-refractivity contribution in [2.24, 2.45) is 0 Å². The summed E-state index contributed by atoms with van der Waals surface area (Å²) in [5, 5.41) is 10.9. The van der Waals surface area contributed by atoms with Crippen molar-refractivity contribution < 1.29 is 9.53 Å². The third-order valence-corrected chi connectivity index (χ3v) is 5.97. The predicted octanol–water partition coefficient (Wildman–Crippen LogP) is 3.61. The van der Waals surface area contributed by atoms with Crippen molar-refractivity contribution in [2.45, 2.75) is 20.0 Å². The fourth-order valence-corrected chi connectivity index (χ4v) is 4.22.